The highest BCUT2D eigenvalue weighted by Crippen LogP contribution is 2.42. The summed E-state index contributed by atoms with van der Waals surface area (Å²) >= 11 is 5.99. The van der Waals surface area contributed by atoms with Crippen molar-refractivity contribution in [2.24, 2.45) is 5.92 Å². The molecule has 0 aromatic heterocycles. The van der Waals surface area contributed by atoms with Gasteiger partial charge in [-0.2, -0.15) is 0 Å². The molecule has 1 atom stereocenters. The minimum Gasteiger partial charge on any atom is -0.310 e. The second-order valence-corrected chi connectivity index (χ2v) is 6.12. The fourth-order valence-electron chi connectivity index (χ4n) is 1.93. The largest absolute Gasteiger partial charge is 0.310 e. The number of halogens is 2. The minimum absolute atomic E-state index is 0.555. The zero-order valence-corrected chi connectivity index (χ0v) is 12.5. The van der Waals surface area contributed by atoms with Crippen LogP contribution in [-0.4, -0.2) is 6.54 Å². The van der Waals surface area contributed by atoms with Crippen molar-refractivity contribution in [2.75, 3.05) is 6.54 Å². The molecule has 0 radical (unpaired) electrons. The first-order chi connectivity index (χ1) is 7.22. The normalized spacial score (nSPS) is 17.8. The summed E-state index contributed by atoms with van der Waals surface area (Å²) in [6.07, 6.45) is 2.75. The average Bonchev–Trinajstić information content (AvgIpc) is 3.02. The molecule has 1 saturated carbocycles. The van der Waals surface area contributed by atoms with E-state index in [0.29, 0.717) is 6.04 Å². The Bertz CT molecular complexity index is 349. The Morgan fingerprint density at radius 1 is 1.53 bits per heavy atom. The van der Waals surface area contributed by atoms with Gasteiger partial charge in [0.2, 0.25) is 0 Å². The van der Waals surface area contributed by atoms with E-state index in [0.717, 1.165) is 12.5 Å². The quantitative estimate of drug-likeness (QED) is 0.776. The number of benzene rings is 1. The molecule has 1 unspecified atom stereocenters. The van der Waals surface area contributed by atoms with Gasteiger partial charge in [-0.05, 0) is 71.7 Å². The minimum atomic E-state index is 0.555. The SMILES string of the molecule is CCNC(c1cc(Br)ccc1I)C1CC1. The van der Waals surface area contributed by atoms with E-state index in [1.165, 1.54) is 26.4 Å². The fourth-order valence-corrected chi connectivity index (χ4v) is 2.98. The molecular formula is C12H15BrIN. The molecule has 1 nitrogen and oxygen atoms in total. The lowest BCUT2D eigenvalue weighted by Crippen LogP contribution is -2.23. The monoisotopic (exact) mass is 379 g/mol. The number of hydrogen-bond donors (Lipinski definition) is 1. The van der Waals surface area contributed by atoms with E-state index in [2.05, 4.69) is 69.0 Å². The van der Waals surface area contributed by atoms with E-state index < -0.39 is 0 Å². The van der Waals surface area contributed by atoms with Crippen molar-refractivity contribution in [1.82, 2.24) is 5.32 Å². The Labute approximate surface area is 113 Å². The molecule has 0 spiro atoms. The van der Waals surface area contributed by atoms with Crippen LogP contribution in [0, 0.1) is 9.49 Å². The first kappa shape index (κ1) is 11.9. The molecule has 1 aliphatic rings. The predicted octanol–water partition coefficient (Wildman–Crippen LogP) is 4.11. The molecule has 15 heavy (non-hydrogen) atoms. The summed E-state index contributed by atoms with van der Waals surface area (Å²) in [5.74, 6) is 0.854. The third-order valence-corrected chi connectivity index (χ3v) is 4.29. The van der Waals surface area contributed by atoms with E-state index in [1.54, 1.807) is 0 Å². The number of nitrogens with one attached hydrogen (secondary N) is 1. The lowest BCUT2D eigenvalue weighted by Gasteiger charge is -2.19. The van der Waals surface area contributed by atoms with E-state index in [9.17, 15) is 0 Å². The van der Waals surface area contributed by atoms with Gasteiger partial charge >= 0.3 is 0 Å². The first-order valence-electron chi connectivity index (χ1n) is 5.40. The molecule has 0 aliphatic heterocycles. The van der Waals surface area contributed by atoms with Crippen LogP contribution >= 0.6 is 38.5 Å². The third-order valence-electron chi connectivity index (χ3n) is 2.81. The topological polar surface area (TPSA) is 12.0 Å². The van der Waals surface area contributed by atoms with E-state index in [1.807, 2.05) is 0 Å². The molecule has 0 heterocycles. The summed E-state index contributed by atoms with van der Waals surface area (Å²) in [5, 5.41) is 3.60. The average molecular weight is 380 g/mol. The zero-order chi connectivity index (χ0) is 10.8. The predicted molar refractivity (Wildman–Crippen MR) is 76.0 cm³/mol. The van der Waals surface area contributed by atoms with E-state index in [4.69, 9.17) is 0 Å². The molecule has 1 aliphatic carbocycles. The maximum atomic E-state index is 3.60. The van der Waals surface area contributed by atoms with Crippen molar-refractivity contribution < 1.29 is 0 Å². The maximum absolute atomic E-state index is 3.60. The molecule has 3 heteroatoms. The van der Waals surface area contributed by atoms with Gasteiger partial charge in [-0.25, -0.2) is 0 Å². The summed E-state index contributed by atoms with van der Waals surface area (Å²) in [4.78, 5) is 0. The lowest BCUT2D eigenvalue weighted by molar-refractivity contribution is 0.494. The van der Waals surface area contributed by atoms with Crippen LogP contribution in [0.2, 0.25) is 0 Å². The molecule has 0 bridgehead atoms. The molecule has 0 saturated heterocycles. The van der Waals surface area contributed by atoms with Crippen molar-refractivity contribution in [1.29, 1.82) is 0 Å². The molecular weight excluding hydrogens is 365 g/mol. The lowest BCUT2D eigenvalue weighted by atomic mass is 10.0. The second kappa shape index (κ2) is 5.15. The van der Waals surface area contributed by atoms with Gasteiger partial charge in [-0.15, -0.1) is 0 Å². The standard InChI is InChI=1S/C12H15BrIN/c1-2-15-12(8-3-4-8)10-7-9(13)5-6-11(10)14/h5-8,12,15H,2-4H2,1H3. The molecule has 2 rings (SSSR count). The van der Waals surface area contributed by atoms with Crippen LogP contribution in [0.25, 0.3) is 0 Å². The van der Waals surface area contributed by atoms with Crippen LogP contribution in [0.3, 0.4) is 0 Å². The van der Waals surface area contributed by atoms with Crippen LogP contribution < -0.4 is 5.32 Å². The molecule has 82 valence electrons. The van der Waals surface area contributed by atoms with Crippen molar-refractivity contribution in [2.45, 2.75) is 25.8 Å². The van der Waals surface area contributed by atoms with E-state index >= 15 is 0 Å². The Hall–Kier alpha value is 0.390. The van der Waals surface area contributed by atoms with Gasteiger partial charge < -0.3 is 5.32 Å². The van der Waals surface area contributed by atoms with Crippen LogP contribution in [-0.2, 0) is 0 Å². The van der Waals surface area contributed by atoms with Crippen LogP contribution in [0.5, 0.6) is 0 Å². The van der Waals surface area contributed by atoms with Crippen molar-refractivity contribution >= 4 is 38.5 Å². The Kier molecular flexibility index (Phi) is 4.07. The molecule has 1 N–H and O–H groups in total. The van der Waals surface area contributed by atoms with Gasteiger partial charge in [0.25, 0.3) is 0 Å². The Balaban J connectivity index is 2.27. The molecule has 1 aromatic rings. The molecule has 1 aromatic carbocycles. The maximum Gasteiger partial charge on any atom is 0.0359 e. The number of hydrogen-bond acceptors (Lipinski definition) is 1. The summed E-state index contributed by atoms with van der Waals surface area (Å²) in [7, 11) is 0. The van der Waals surface area contributed by atoms with Gasteiger partial charge in [0, 0.05) is 14.1 Å². The van der Waals surface area contributed by atoms with Gasteiger partial charge in [-0.3, -0.25) is 0 Å². The number of rotatable bonds is 4. The Morgan fingerprint density at radius 3 is 2.87 bits per heavy atom. The van der Waals surface area contributed by atoms with E-state index in [-0.39, 0.29) is 0 Å². The molecule has 1 fully saturated rings. The third kappa shape index (κ3) is 2.94. The van der Waals surface area contributed by atoms with Crippen LogP contribution in [0.1, 0.15) is 31.4 Å². The molecule has 0 amide bonds. The van der Waals surface area contributed by atoms with Gasteiger partial charge in [0.15, 0.2) is 0 Å². The van der Waals surface area contributed by atoms with Gasteiger partial charge in [-0.1, -0.05) is 22.9 Å². The summed E-state index contributed by atoms with van der Waals surface area (Å²) < 4.78 is 2.55. The highest BCUT2D eigenvalue weighted by molar-refractivity contribution is 14.1. The summed E-state index contributed by atoms with van der Waals surface area (Å²) in [5.41, 5.74) is 1.45. The van der Waals surface area contributed by atoms with Gasteiger partial charge in [0.1, 0.15) is 0 Å². The highest BCUT2D eigenvalue weighted by atomic mass is 127. The van der Waals surface area contributed by atoms with Crippen molar-refractivity contribution in [3.8, 4) is 0 Å². The van der Waals surface area contributed by atoms with Crippen molar-refractivity contribution in [3.63, 3.8) is 0 Å². The summed E-state index contributed by atoms with van der Waals surface area (Å²) in [6.45, 7) is 3.23. The second-order valence-electron chi connectivity index (χ2n) is 4.04. The highest BCUT2D eigenvalue weighted by Gasteiger charge is 2.32. The first-order valence-corrected chi connectivity index (χ1v) is 7.28. The fraction of sp³-hybridized carbons (Fsp3) is 0.500. The zero-order valence-electron chi connectivity index (χ0n) is 8.76. The Morgan fingerprint density at radius 2 is 2.27 bits per heavy atom. The smallest absolute Gasteiger partial charge is 0.0359 e. The van der Waals surface area contributed by atoms with Crippen molar-refractivity contribution in [3.05, 3.63) is 31.8 Å². The summed E-state index contributed by atoms with van der Waals surface area (Å²) in [6, 6.07) is 7.11. The van der Waals surface area contributed by atoms with Crippen LogP contribution in [0.4, 0.5) is 0 Å². The van der Waals surface area contributed by atoms with Gasteiger partial charge in [0.05, 0.1) is 0 Å². The van der Waals surface area contributed by atoms with Crippen LogP contribution in [0.15, 0.2) is 22.7 Å².